The lowest BCUT2D eigenvalue weighted by molar-refractivity contribution is -0.151. The fourth-order valence-electron chi connectivity index (χ4n) is 2.90. The molecule has 0 aromatic heterocycles. The van der Waals surface area contributed by atoms with Crippen LogP contribution in [0.3, 0.4) is 0 Å². The van der Waals surface area contributed by atoms with Crippen LogP contribution >= 0.6 is 0 Å². The summed E-state index contributed by atoms with van der Waals surface area (Å²) in [5, 5.41) is 2.63. The third-order valence-electron chi connectivity index (χ3n) is 4.27. The molecule has 0 fully saturated rings. The first-order valence-corrected chi connectivity index (χ1v) is 9.87. The number of alkyl carbamates (subject to hydrolysis) is 1. The molecule has 0 aliphatic heterocycles. The molecule has 2 rings (SSSR count). The maximum absolute atomic E-state index is 13.2. The van der Waals surface area contributed by atoms with E-state index >= 15 is 0 Å². The molecule has 0 spiro atoms. The normalized spacial score (nSPS) is 13.0. The van der Waals surface area contributed by atoms with Crippen molar-refractivity contribution in [1.29, 1.82) is 0 Å². The van der Waals surface area contributed by atoms with Gasteiger partial charge >= 0.3 is 12.1 Å². The van der Waals surface area contributed by atoms with E-state index in [1.807, 2.05) is 60.7 Å². The van der Waals surface area contributed by atoms with E-state index in [4.69, 9.17) is 9.47 Å². The topological polar surface area (TPSA) is 64.6 Å². The molecule has 5 nitrogen and oxygen atoms in total. The first-order valence-electron chi connectivity index (χ1n) is 9.87. The first kappa shape index (κ1) is 23.0. The number of rotatable bonds is 7. The molecule has 158 valence electrons. The van der Waals surface area contributed by atoms with Crippen molar-refractivity contribution in [2.75, 3.05) is 0 Å². The summed E-state index contributed by atoms with van der Waals surface area (Å²) in [6.45, 7) is 10.6. The standard InChI is InChI=1S/C25H29NO4/c1-6-13-18(2)21(26-24(28)30-25(3,4)5)23(27)29-22(19-14-9-7-10-15-19)20-16-11-8-12-17-20/h7-18,21-22H,1H2,2-5H3,(H,26,28). The number of hydrogen-bond donors (Lipinski definition) is 1. The smallest absolute Gasteiger partial charge is 0.408 e. The molecule has 1 N–H and O–H groups in total. The highest BCUT2D eigenvalue weighted by Crippen LogP contribution is 2.27. The van der Waals surface area contributed by atoms with Crippen LogP contribution in [0.25, 0.3) is 0 Å². The quantitative estimate of drug-likeness (QED) is 0.507. The molecule has 2 atom stereocenters. The van der Waals surface area contributed by atoms with Crippen LogP contribution in [-0.4, -0.2) is 23.7 Å². The van der Waals surface area contributed by atoms with Gasteiger partial charge in [0.25, 0.3) is 0 Å². The number of nitrogens with one attached hydrogen (secondary N) is 1. The van der Waals surface area contributed by atoms with Crippen molar-refractivity contribution in [2.45, 2.75) is 45.4 Å². The Morgan fingerprint density at radius 1 is 1.00 bits per heavy atom. The third kappa shape index (κ3) is 6.94. The van der Waals surface area contributed by atoms with Crippen molar-refractivity contribution in [2.24, 2.45) is 5.92 Å². The second-order valence-corrected chi connectivity index (χ2v) is 7.99. The number of carbonyl (C=O) groups is 2. The molecular formula is C25H29NO4. The van der Waals surface area contributed by atoms with Crippen molar-refractivity contribution in [1.82, 2.24) is 5.32 Å². The molecule has 2 aromatic carbocycles. The predicted molar refractivity (Wildman–Crippen MR) is 117 cm³/mol. The van der Waals surface area contributed by atoms with Gasteiger partial charge in [0, 0.05) is 5.92 Å². The molecule has 2 aromatic rings. The summed E-state index contributed by atoms with van der Waals surface area (Å²) < 4.78 is 11.2. The number of hydrogen-bond acceptors (Lipinski definition) is 4. The first-order chi connectivity index (χ1) is 14.2. The molecule has 1 amide bonds. The summed E-state index contributed by atoms with van der Waals surface area (Å²) >= 11 is 0. The van der Waals surface area contributed by atoms with Crippen LogP contribution in [0, 0.1) is 5.92 Å². The lowest BCUT2D eigenvalue weighted by atomic mass is 9.99. The Balaban J connectivity index is 2.30. The van der Waals surface area contributed by atoms with Gasteiger partial charge in [-0.3, -0.25) is 0 Å². The van der Waals surface area contributed by atoms with Gasteiger partial charge in [0.15, 0.2) is 6.10 Å². The van der Waals surface area contributed by atoms with Crippen molar-refractivity contribution in [3.8, 4) is 0 Å². The maximum atomic E-state index is 13.2. The number of amides is 1. The largest absolute Gasteiger partial charge is 0.451 e. The van der Waals surface area contributed by atoms with Gasteiger partial charge < -0.3 is 14.8 Å². The minimum absolute atomic E-state index is 0.394. The average molecular weight is 408 g/mol. The highest BCUT2D eigenvalue weighted by atomic mass is 16.6. The van der Waals surface area contributed by atoms with Gasteiger partial charge in [-0.15, -0.1) is 5.73 Å². The molecule has 0 aliphatic carbocycles. The van der Waals surface area contributed by atoms with Crippen molar-refractivity contribution in [3.63, 3.8) is 0 Å². The lowest BCUT2D eigenvalue weighted by Gasteiger charge is -2.27. The summed E-state index contributed by atoms with van der Waals surface area (Å²) in [6.07, 6.45) is 0.316. The molecule has 30 heavy (non-hydrogen) atoms. The van der Waals surface area contributed by atoms with Gasteiger partial charge in [-0.05, 0) is 38.0 Å². The van der Waals surface area contributed by atoms with Crippen molar-refractivity contribution < 1.29 is 19.1 Å². The summed E-state index contributed by atoms with van der Waals surface area (Å²) in [5.41, 5.74) is 3.64. The zero-order valence-electron chi connectivity index (χ0n) is 17.9. The molecule has 0 bridgehead atoms. The minimum atomic E-state index is -0.955. The molecule has 0 aliphatic rings. The number of esters is 1. The van der Waals surface area contributed by atoms with Gasteiger partial charge in [0.2, 0.25) is 0 Å². The van der Waals surface area contributed by atoms with Gasteiger partial charge in [0.05, 0.1) is 0 Å². The number of ether oxygens (including phenoxy) is 2. The zero-order chi connectivity index (χ0) is 22.1. The Morgan fingerprint density at radius 2 is 1.50 bits per heavy atom. The Hall–Kier alpha value is -3.30. The molecule has 2 unspecified atom stereocenters. The van der Waals surface area contributed by atoms with Gasteiger partial charge in [-0.2, -0.15) is 0 Å². The zero-order valence-corrected chi connectivity index (χ0v) is 17.9. The van der Waals surface area contributed by atoms with Crippen molar-refractivity contribution >= 4 is 12.1 Å². The fourth-order valence-corrected chi connectivity index (χ4v) is 2.90. The van der Waals surface area contributed by atoms with E-state index in [9.17, 15) is 9.59 Å². The number of benzene rings is 2. The molecule has 0 heterocycles. The maximum Gasteiger partial charge on any atom is 0.408 e. The average Bonchev–Trinajstić information content (AvgIpc) is 2.70. The molecule has 0 saturated heterocycles. The summed E-state index contributed by atoms with van der Waals surface area (Å²) in [5.74, 6) is -0.965. The van der Waals surface area contributed by atoms with Crippen LogP contribution < -0.4 is 5.32 Å². The van der Waals surface area contributed by atoms with Crippen LogP contribution in [-0.2, 0) is 14.3 Å². The van der Waals surface area contributed by atoms with E-state index < -0.39 is 35.7 Å². The third-order valence-corrected chi connectivity index (χ3v) is 4.27. The van der Waals surface area contributed by atoms with Crippen LogP contribution in [0.4, 0.5) is 4.79 Å². The molecular weight excluding hydrogens is 378 g/mol. The summed E-state index contributed by atoms with van der Waals surface area (Å²) in [6, 6.07) is 18.0. The van der Waals surface area contributed by atoms with Crippen LogP contribution in [0.5, 0.6) is 0 Å². The van der Waals surface area contributed by atoms with Gasteiger partial charge in [0.1, 0.15) is 11.6 Å². The summed E-state index contributed by atoms with van der Waals surface area (Å²) in [4.78, 5) is 25.5. The minimum Gasteiger partial charge on any atom is -0.451 e. The van der Waals surface area contributed by atoms with E-state index in [0.29, 0.717) is 0 Å². The molecule has 5 heteroatoms. The van der Waals surface area contributed by atoms with Crippen LogP contribution in [0.1, 0.15) is 44.9 Å². The molecule has 0 saturated carbocycles. The fraction of sp³-hybridized carbons (Fsp3) is 0.320. The van der Waals surface area contributed by atoms with Gasteiger partial charge in [-0.25, -0.2) is 9.59 Å². The SMILES string of the molecule is C=C=CC(C)C(NC(=O)OC(C)(C)C)C(=O)OC(c1ccccc1)c1ccccc1. The highest BCUT2D eigenvalue weighted by molar-refractivity contribution is 5.82. The van der Waals surface area contributed by atoms with E-state index in [-0.39, 0.29) is 0 Å². The highest BCUT2D eigenvalue weighted by Gasteiger charge is 2.31. The van der Waals surface area contributed by atoms with Crippen LogP contribution in [0.15, 0.2) is 79.0 Å². The van der Waals surface area contributed by atoms with Crippen molar-refractivity contribution in [3.05, 3.63) is 90.2 Å². The van der Waals surface area contributed by atoms with E-state index in [0.717, 1.165) is 11.1 Å². The van der Waals surface area contributed by atoms with E-state index in [2.05, 4.69) is 17.6 Å². The Kier molecular flexibility index (Phi) is 8.02. The second kappa shape index (κ2) is 10.5. The lowest BCUT2D eigenvalue weighted by Crippen LogP contribution is -2.47. The monoisotopic (exact) mass is 407 g/mol. The predicted octanol–water partition coefficient (Wildman–Crippen LogP) is 5.19. The Bertz CT molecular complexity index is 841. The van der Waals surface area contributed by atoms with Gasteiger partial charge in [-0.1, -0.05) is 74.2 Å². The Morgan fingerprint density at radius 3 is 1.93 bits per heavy atom. The van der Waals surface area contributed by atoms with Crippen LogP contribution in [0.2, 0.25) is 0 Å². The van der Waals surface area contributed by atoms with E-state index in [1.165, 1.54) is 0 Å². The molecule has 0 radical (unpaired) electrons. The summed E-state index contributed by atoms with van der Waals surface area (Å²) in [7, 11) is 0. The van der Waals surface area contributed by atoms with E-state index in [1.54, 1.807) is 33.8 Å². The second-order valence-electron chi connectivity index (χ2n) is 7.99. The number of carbonyl (C=O) groups excluding carboxylic acids is 2. The Labute approximate surface area is 178 Å².